The first-order valence-electron chi connectivity index (χ1n) is 5.20. The summed E-state index contributed by atoms with van der Waals surface area (Å²) >= 11 is 0. The molecule has 1 rings (SSSR count). The Labute approximate surface area is 112 Å². The van der Waals surface area contributed by atoms with E-state index in [1.807, 2.05) is 0 Å². The highest BCUT2D eigenvalue weighted by molar-refractivity contribution is 5.88. The summed E-state index contributed by atoms with van der Waals surface area (Å²) < 4.78 is 90.4. The second kappa shape index (κ2) is 5.88. The van der Waals surface area contributed by atoms with Crippen LogP contribution >= 0.6 is 0 Å². The minimum absolute atomic E-state index is 0.728. The van der Waals surface area contributed by atoms with Gasteiger partial charge in [0.25, 0.3) is 0 Å². The van der Waals surface area contributed by atoms with Gasteiger partial charge in [0.2, 0.25) is 6.10 Å². The Morgan fingerprint density at radius 2 is 1.67 bits per heavy atom. The number of hydrogen-bond donors (Lipinski definition) is 1. The van der Waals surface area contributed by atoms with Gasteiger partial charge in [-0.3, -0.25) is 0 Å². The van der Waals surface area contributed by atoms with Crippen LogP contribution in [0, 0.1) is 5.82 Å². The summed E-state index contributed by atoms with van der Waals surface area (Å²) in [4.78, 5) is 10.6. The second-order valence-electron chi connectivity index (χ2n) is 3.86. The van der Waals surface area contributed by atoms with Crippen LogP contribution in [0.25, 0.3) is 0 Å². The minimum Gasteiger partial charge on any atom is -0.478 e. The Morgan fingerprint density at radius 3 is 2.10 bits per heavy atom. The summed E-state index contributed by atoms with van der Waals surface area (Å²) in [5, 5.41) is 8.59. The predicted octanol–water partition coefficient (Wildman–Crippen LogP) is 3.53. The predicted molar refractivity (Wildman–Crippen MR) is 54.0 cm³/mol. The Morgan fingerprint density at radius 1 is 1.14 bits per heavy atom. The Bertz CT molecular complexity index is 508. The molecule has 0 heterocycles. The summed E-state index contributed by atoms with van der Waals surface area (Å²) in [6.07, 6.45) is -15.5. The molecule has 0 aromatic heterocycles. The highest BCUT2D eigenvalue weighted by Crippen LogP contribution is 2.36. The average molecular weight is 320 g/mol. The first-order valence-corrected chi connectivity index (χ1v) is 5.20. The smallest absolute Gasteiger partial charge is 0.423 e. The highest BCUT2D eigenvalue weighted by Gasteiger charge is 2.58. The van der Waals surface area contributed by atoms with Gasteiger partial charge in [-0.25, -0.2) is 9.18 Å². The van der Waals surface area contributed by atoms with Gasteiger partial charge in [0.1, 0.15) is 5.82 Å². The van der Waals surface area contributed by atoms with E-state index in [2.05, 4.69) is 4.74 Å². The van der Waals surface area contributed by atoms with Crippen molar-refractivity contribution < 1.29 is 45.4 Å². The largest absolute Gasteiger partial charge is 0.478 e. The molecule has 0 saturated heterocycles. The third kappa shape index (κ3) is 4.31. The third-order valence-corrected chi connectivity index (χ3v) is 2.31. The van der Waals surface area contributed by atoms with Gasteiger partial charge in [0.05, 0.1) is 12.2 Å². The van der Waals surface area contributed by atoms with Gasteiger partial charge in [0.15, 0.2) is 0 Å². The maximum atomic E-state index is 13.5. The van der Waals surface area contributed by atoms with Crippen molar-refractivity contribution >= 4 is 5.97 Å². The molecule has 10 heteroatoms. The summed E-state index contributed by atoms with van der Waals surface area (Å²) in [6, 6.07) is 2.61. The molecule has 0 spiro atoms. The minimum atomic E-state index is -5.72. The maximum absolute atomic E-state index is 13.5. The lowest BCUT2D eigenvalue weighted by molar-refractivity contribution is -0.324. The zero-order valence-corrected chi connectivity index (χ0v) is 9.93. The van der Waals surface area contributed by atoms with E-state index in [4.69, 9.17) is 5.11 Å². The summed E-state index contributed by atoms with van der Waals surface area (Å²) in [7, 11) is 0. The topological polar surface area (TPSA) is 46.5 Å². The van der Waals surface area contributed by atoms with Crippen molar-refractivity contribution in [2.24, 2.45) is 0 Å². The molecule has 0 unspecified atom stereocenters. The SMILES string of the molecule is O=C(O)c1cccc(COC(C(F)(F)F)C(F)(F)F)c1F. The van der Waals surface area contributed by atoms with E-state index >= 15 is 0 Å². The van der Waals surface area contributed by atoms with Gasteiger partial charge in [-0.15, -0.1) is 0 Å². The lowest BCUT2D eigenvalue weighted by Crippen LogP contribution is -2.44. The summed E-state index contributed by atoms with van der Waals surface area (Å²) in [5.74, 6) is -3.16. The van der Waals surface area contributed by atoms with Crippen LogP contribution in [-0.2, 0) is 11.3 Å². The van der Waals surface area contributed by atoms with Gasteiger partial charge in [0, 0.05) is 5.56 Å². The zero-order valence-electron chi connectivity index (χ0n) is 9.93. The van der Waals surface area contributed by atoms with Gasteiger partial charge in [-0.05, 0) is 6.07 Å². The first-order chi connectivity index (χ1) is 9.44. The van der Waals surface area contributed by atoms with Crippen LogP contribution in [0.3, 0.4) is 0 Å². The van der Waals surface area contributed by atoms with E-state index in [1.54, 1.807) is 0 Å². The number of hydrogen-bond acceptors (Lipinski definition) is 2. The normalized spacial score (nSPS) is 12.8. The number of ether oxygens (including phenoxy) is 1. The van der Waals surface area contributed by atoms with Crippen LogP contribution in [0.1, 0.15) is 15.9 Å². The summed E-state index contributed by atoms with van der Waals surface area (Å²) in [5.41, 5.74) is -1.61. The van der Waals surface area contributed by atoms with Crippen LogP contribution in [0.15, 0.2) is 18.2 Å². The molecule has 0 bridgehead atoms. The molecule has 0 aliphatic rings. The van der Waals surface area contributed by atoms with Crippen molar-refractivity contribution in [2.45, 2.75) is 25.1 Å². The molecular weight excluding hydrogens is 313 g/mol. The fraction of sp³-hybridized carbons (Fsp3) is 0.364. The molecule has 1 N–H and O–H groups in total. The van der Waals surface area contributed by atoms with Crippen molar-refractivity contribution in [3.8, 4) is 0 Å². The number of benzene rings is 1. The molecule has 0 saturated carbocycles. The van der Waals surface area contributed by atoms with Crippen molar-refractivity contribution in [1.82, 2.24) is 0 Å². The Hall–Kier alpha value is -1.84. The monoisotopic (exact) mass is 320 g/mol. The number of alkyl halides is 6. The molecule has 0 radical (unpaired) electrons. The number of aromatic carboxylic acids is 1. The van der Waals surface area contributed by atoms with E-state index in [1.165, 1.54) is 0 Å². The number of rotatable bonds is 4. The third-order valence-electron chi connectivity index (χ3n) is 2.31. The molecule has 1 aromatic carbocycles. The molecule has 0 amide bonds. The lowest BCUT2D eigenvalue weighted by Gasteiger charge is -2.23. The van der Waals surface area contributed by atoms with Crippen LogP contribution < -0.4 is 0 Å². The maximum Gasteiger partial charge on any atom is 0.423 e. The van der Waals surface area contributed by atoms with E-state index in [-0.39, 0.29) is 0 Å². The Balaban J connectivity index is 2.97. The number of carboxylic acid groups (broad SMARTS) is 1. The van der Waals surface area contributed by atoms with Gasteiger partial charge in [-0.2, -0.15) is 26.3 Å². The molecule has 0 aliphatic carbocycles. The van der Waals surface area contributed by atoms with Crippen molar-refractivity contribution in [1.29, 1.82) is 0 Å². The standard InChI is InChI=1S/C11H7F7O3/c12-7-5(2-1-3-6(7)8(19)20)4-21-9(10(13,14)15)11(16,17)18/h1-3,9H,4H2,(H,19,20). The van der Waals surface area contributed by atoms with Gasteiger partial charge in [-0.1, -0.05) is 12.1 Å². The average Bonchev–Trinajstić information content (AvgIpc) is 2.27. The van der Waals surface area contributed by atoms with E-state index in [0.717, 1.165) is 18.2 Å². The van der Waals surface area contributed by atoms with Gasteiger partial charge < -0.3 is 9.84 Å². The Kier molecular flexibility index (Phi) is 4.82. The first kappa shape index (κ1) is 17.2. The van der Waals surface area contributed by atoms with E-state index in [9.17, 15) is 35.5 Å². The van der Waals surface area contributed by atoms with Gasteiger partial charge >= 0.3 is 18.3 Å². The number of carbonyl (C=O) groups is 1. The van der Waals surface area contributed by atoms with Crippen LogP contribution in [-0.4, -0.2) is 29.5 Å². The zero-order chi connectivity index (χ0) is 16.4. The highest BCUT2D eigenvalue weighted by atomic mass is 19.4. The summed E-state index contributed by atoms with van der Waals surface area (Å²) in [6.45, 7) is -1.38. The molecule has 21 heavy (non-hydrogen) atoms. The van der Waals surface area contributed by atoms with Crippen LogP contribution in [0.4, 0.5) is 30.7 Å². The van der Waals surface area contributed by atoms with Crippen LogP contribution in [0.5, 0.6) is 0 Å². The van der Waals surface area contributed by atoms with E-state index in [0.29, 0.717) is 0 Å². The number of carboxylic acids is 1. The van der Waals surface area contributed by atoms with Crippen molar-refractivity contribution in [3.63, 3.8) is 0 Å². The van der Waals surface area contributed by atoms with Crippen molar-refractivity contribution in [2.75, 3.05) is 0 Å². The van der Waals surface area contributed by atoms with Crippen molar-refractivity contribution in [3.05, 3.63) is 35.1 Å². The van der Waals surface area contributed by atoms with Crippen LogP contribution in [0.2, 0.25) is 0 Å². The fourth-order valence-electron chi connectivity index (χ4n) is 1.40. The number of halogens is 7. The molecule has 1 aromatic rings. The molecule has 118 valence electrons. The van der Waals surface area contributed by atoms with E-state index < -0.39 is 48.0 Å². The second-order valence-corrected chi connectivity index (χ2v) is 3.86. The fourth-order valence-corrected chi connectivity index (χ4v) is 1.40. The molecule has 0 aliphatic heterocycles. The molecular formula is C11H7F7O3. The molecule has 0 fully saturated rings. The molecule has 3 nitrogen and oxygen atoms in total. The quantitative estimate of drug-likeness (QED) is 0.863. The molecule has 0 atom stereocenters. The lowest BCUT2D eigenvalue weighted by atomic mass is 10.1.